The molecule has 0 fully saturated rings. The molecule has 19 heavy (non-hydrogen) atoms. The van der Waals surface area contributed by atoms with Gasteiger partial charge in [0, 0.05) is 23.2 Å². The molecule has 0 saturated heterocycles. The predicted octanol–water partition coefficient (Wildman–Crippen LogP) is 2.78. The Morgan fingerprint density at radius 1 is 1.11 bits per heavy atom. The van der Waals surface area contributed by atoms with Crippen LogP contribution in [0.5, 0.6) is 17.2 Å². The van der Waals surface area contributed by atoms with E-state index in [-0.39, 0.29) is 0 Å². The highest BCUT2D eigenvalue weighted by Gasteiger charge is 2.13. The monoisotopic (exact) mass is 280 g/mol. The van der Waals surface area contributed by atoms with Gasteiger partial charge < -0.3 is 19.5 Å². The third kappa shape index (κ3) is 3.08. The second-order valence-electron chi connectivity index (χ2n) is 3.75. The van der Waals surface area contributed by atoms with Crippen LogP contribution in [0.2, 0.25) is 0 Å². The van der Waals surface area contributed by atoms with E-state index >= 15 is 0 Å². The molecule has 0 atom stereocenters. The summed E-state index contributed by atoms with van der Waals surface area (Å²) < 4.78 is 15.9. The zero-order chi connectivity index (χ0) is 13.7. The number of hydrogen-bond acceptors (Lipinski definition) is 6. The van der Waals surface area contributed by atoms with Crippen molar-refractivity contribution in [2.75, 3.05) is 26.6 Å². The van der Waals surface area contributed by atoms with E-state index in [0.717, 1.165) is 11.4 Å². The first-order chi connectivity index (χ1) is 9.28. The Balaban J connectivity index is 2.20. The number of anilines is 1. The van der Waals surface area contributed by atoms with Gasteiger partial charge in [-0.2, -0.15) is 0 Å². The van der Waals surface area contributed by atoms with Gasteiger partial charge in [-0.3, -0.25) is 0 Å². The third-order valence-electron chi connectivity index (χ3n) is 2.62. The molecule has 0 amide bonds. The topological polar surface area (TPSA) is 52.6 Å². The van der Waals surface area contributed by atoms with Crippen LogP contribution in [0.4, 0.5) is 5.69 Å². The summed E-state index contributed by atoms with van der Waals surface area (Å²) in [4.78, 5) is 4.22. The van der Waals surface area contributed by atoms with Crippen molar-refractivity contribution in [3.63, 3.8) is 0 Å². The maximum absolute atomic E-state index is 5.30. The van der Waals surface area contributed by atoms with Gasteiger partial charge in [0.1, 0.15) is 0 Å². The zero-order valence-electron chi connectivity index (χ0n) is 11.1. The fourth-order valence-electron chi connectivity index (χ4n) is 1.70. The highest BCUT2D eigenvalue weighted by atomic mass is 32.1. The maximum atomic E-state index is 5.30. The minimum atomic E-state index is 0.587. The number of ether oxygens (including phenoxy) is 3. The van der Waals surface area contributed by atoms with Gasteiger partial charge in [-0.1, -0.05) is 0 Å². The Hall–Kier alpha value is -1.95. The summed E-state index contributed by atoms with van der Waals surface area (Å²) in [7, 11) is 4.78. The molecular weight excluding hydrogens is 264 g/mol. The van der Waals surface area contributed by atoms with Crippen molar-refractivity contribution in [2.45, 2.75) is 6.54 Å². The Labute approximate surface area is 116 Å². The summed E-state index contributed by atoms with van der Waals surface area (Å²) in [5.41, 5.74) is 3.70. The lowest BCUT2D eigenvalue weighted by Crippen LogP contribution is -2.02. The Bertz CT molecular complexity index is 504. The van der Waals surface area contributed by atoms with Crippen LogP contribution >= 0.6 is 11.3 Å². The first-order valence-electron chi connectivity index (χ1n) is 5.69. The molecule has 0 unspecified atom stereocenters. The van der Waals surface area contributed by atoms with E-state index < -0.39 is 0 Å². The summed E-state index contributed by atoms with van der Waals surface area (Å²) >= 11 is 1.58. The van der Waals surface area contributed by atoms with Crippen LogP contribution in [-0.4, -0.2) is 26.3 Å². The molecule has 1 heterocycles. The molecule has 0 saturated carbocycles. The van der Waals surface area contributed by atoms with Crippen LogP contribution in [0, 0.1) is 0 Å². The number of nitrogens with one attached hydrogen (secondary N) is 1. The highest BCUT2D eigenvalue weighted by Crippen LogP contribution is 2.39. The van der Waals surface area contributed by atoms with Crippen LogP contribution < -0.4 is 19.5 Å². The Morgan fingerprint density at radius 2 is 1.79 bits per heavy atom. The standard InChI is InChI=1S/C13H16N2O3S/c1-16-11-4-9(5-12(17-2)13(11)18-3)14-6-10-7-19-8-15-10/h4-5,7-8,14H,6H2,1-3H3. The predicted molar refractivity (Wildman–Crippen MR) is 75.5 cm³/mol. The SMILES string of the molecule is COc1cc(NCc2cscn2)cc(OC)c1OC. The third-order valence-corrected chi connectivity index (χ3v) is 3.26. The molecule has 102 valence electrons. The van der Waals surface area contributed by atoms with Gasteiger partial charge in [0.2, 0.25) is 5.75 Å². The number of rotatable bonds is 6. The summed E-state index contributed by atoms with van der Waals surface area (Å²) in [6, 6.07) is 3.74. The van der Waals surface area contributed by atoms with Crippen molar-refractivity contribution in [3.8, 4) is 17.2 Å². The fraction of sp³-hybridized carbons (Fsp3) is 0.308. The van der Waals surface area contributed by atoms with E-state index in [9.17, 15) is 0 Å². The van der Waals surface area contributed by atoms with E-state index in [0.29, 0.717) is 23.8 Å². The van der Waals surface area contributed by atoms with Crippen molar-refractivity contribution in [2.24, 2.45) is 0 Å². The van der Waals surface area contributed by atoms with Crippen molar-refractivity contribution < 1.29 is 14.2 Å². The molecule has 0 aliphatic heterocycles. The highest BCUT2D eigenvalue weighted by molar-refractivity contribution is 7.07. The minimum Gasteiger partial charge on any atom is -0.493 e. The minimum absolute atomic E-state index is 0.587. The van der Waals surface area contributed by atoms with Gasteiger partial charge in [0.25, 0.3) is 0 Å². The summed E-state index contributed by atoms with van der Waals surface area (Å²) in [5, 5.41) is 5.28. The molecule has 2 rings (SSSR count). The van der Waals surface area contributed by atoms with Gasteiger partial charge in [0.05, 0.1) is 39.1 Å². The van der Waals surface area contributed by atoms with Crippen LogP contribution in [0.3, 0.4) is 0 Å². The first-order valence-corrected chi connectivity index (χ1v) is 6.63. The lowest BCUT2D eigenvalue weighted by Gasteiger charge is -2.14. The fourth-order valence-corrected chi connectivity index (χ4v) is 2.26. The molecule has 0 spiro atoms. The molecule has 5 nitrogen and oxygen atoms in total. The number of hydrogen-bond donors (Lipinski definition) is 1. The quantitative estimate of drug-likeness (QED) is 0.881. The number of methoxy groups -OCH3 is 3. The van der Waals surface area contributed by atoms with E-state index in [1.165, 1.54) is 0 Å². The normalized spacial score (nSPS) is 10.1. The lowest BCUT2D eigenvalue weighted by molar-refractivity contribution is 0.324. The van der Waals surface area contributed by atoms with Gasteiger partial charge >= 0.3 is 0 Å². The molecule has 1 N–H and O–H groups in total. The smallest absolute Gasteiger partial charge is 0.203 e. The van der Waals surface area contributed by atoms with Crippen LogP contribution in [0.25, 0.3) is 0 Å². The molecule has 0 aliphatic carbocycles. The molecular formula is C13H16N2O3S. The first kappa shape index (κ1) is 13.5. The van der Waals surface area contributed by atoms with Gasteiger partial charge in [-0.25, -0.2) is 4.98 Å². The van der Waals surface area contributed by atoms with Gasteiger partial charge in [-0.05, 0) is 0 Å². The van der Waals surface area contributed by atoms with Crippen LogP contribution in [-0.2, 0) is 6.54 Å². The molecule has 0 radical (unpaired) electrons. The zero-order valence-corrected chi connectivity index (χ0v) is 11.9. The second kappa shape index (κ2) is 6.29. The Morgan fingerprint density at radius 3 is 2.26 bits per heavy atom. The lowest BCUT2D eigenvalue weighted by atomic mass is 10.2. The van der Waals surface area contributed by atoms with Crippen LogP contribution in [0.15, 0.2) is 23.0 Å². The molecule has 1 aromatic heterocycles. The van der Waals surface area contributed by atoms with E-state index in [2.05, 4.69) is 10.3 Å². The van der Waals surface area contributed by atoms with Crippen molar-refractivity contribution >= 4 is 17.0 Å². The van der Waals surface area contributed by atoms with Crippen LogP contribution in [0.1, 0.15) is 5.69 Å². The van der Waals surface area contributed by atoms with Crippen molar-refractivity contribution in [1.82, 2.24) is 4.98 Å². The summed E-state index contributed by atoms with van der Waals surface area (Å²) in [6.45, 7) is 0.655. The molecule has 0 bridgehead atoms. The molecule has 0 aliphatic rings. The summed E-state index contributed by atoms with van der Waals surface area (Å²) in [5.74, 6) is 1.84. The van der Waals surface area contributed by atoms with E-state index in [1.54, 1.807) is 32.7 Å². The number of nitrogens with zero attached hydrogens (tertiary/aromatic N) is 1. The van der Waals surface area contributed by atoms with Crippen molar-refractivity contribution in [3.05, 3.63) is 28.7 Å². The maximum Gasteiger partial charge on any atom is 0.203 e. The van der Waals surface area contributed by atoms with Gasteiger partial charge in [-0.15, -0.1) is 11.3 Å². The number of aromatic nitrogens is 1. The Kier molecular flexibility index (Phi) is 4.46. The summed E-state index contributed by atoms with van der Waals surface area (Å²) in [6.07, 6.45) is 0. The molecule has 6 heteroatoms. The number of thiazole rings is 1. The molecule has 2 aromatic rings. The number of benzene rings is 1. The van der Waals surface area contributed by atoms with E-state index in [1.807, 2.05) is 23.0 Å². The van der Waals surface area contributed by atoms with Gasteiger partial charge in [0.15, 0.2) is 11.5 Å². The molecule has 1 aromatic carbocycles. The average Bonchev–Trinajstić information content (AvgIpc) is 2.97. The average molecular weight is 280 g/mol. The van der Waals surface area contributed by atoms with Crippen molar-refractivity contribution in [1.29, 1.82) is 0 Å². The van der Waals surface area contributed by atoms with E-state index in [4.69, 9.17) is 14.2 Å². The second-order valence-corrected chi connectivity index (χ2v) is 4.47. The largest absolute Gasteiger partial charge is 0.493 e.